The Morgan fingerprint density at radius 2 is 1.71 bits per heavy atom. The van der Waals surface area contributed by atoms with Crippen LogP contribution in [0, 0.1) is 19.7 Å². The Morgan fingerprint density at radius 1 is 0.968 bits per heavy atom. The maximum absolute atomic E-state index is 14.0. The third-order valence-corrected chi connectivity index (χ3v) is 4.95. The van der Waals surface area contributed by atoms with Crippen LogP contribution in [0.4, 0.5) is 10.1 Å². The summed E-state index contributed by atoms with van der Waals surface area (Å²) < 4.78 is 25.3. The number of anilines is 1. The Labute approximate surface area is 178 Å². The van der Waals surface area contributed by atoms with E-state index in [0.29, 0.717) is 22.3 Å². The SMILES string of the molecule is Cc1ccc(C(=O)c2oc3ccccc3c2NC(=O)COc2ccccc2C)cc1F. The number of nitrogens with one attached hydrogen (secondary N) is 1. The van der Waals surface area contributed by atoms with E-state index < -0.39 is 17.5 Å². The molecule has 0 aliphatic carbocycles. The van der Waals surface area contributed by atoms with Crippen LogP contribution in [0.2, 0.25) is 0 Å². The average molecular weight is 417 g/mol. The van der Waals surface area contributed by atoms with E-state index in [9.17, 15) is 14.0 Å². The van der Waals surface area contributed by atoms with Crippen molar-refractivity contribution in [3.63, 3.8) is 0 Å². The number of carbonyl (C=O) groups is 2. The monoisotopic (exact) mass is 417 g/mol. The van der Waals surface area contributed by atoms with Gasteiger partial charge in [-0.25, -0.2) is 4.39 Å². The zero-order valence-electron chi connectivity index (χ0n) is 17.1. The van der Waals surface area contributed by atoms with E-state index in [-0.39, 0.29) is 23.6 Å². The van der Waals surface area contributed by atoms with Crippen LogP contribution in [0.3, 0.4) is 0 Å². The first-order chi connectivity index (χ1) is 14.9. The number of amides is 1. The molecule has 4 aromatic rings. The van der Waals surface area contributed by atoms with Gasteiger partial charge in [0.2, 0.25) is 5.78 Å². The lowest BCUT2D eigenvalue weighted by atomic mass is 10.0. The van der Waals surface area contributed by atoms with Gasteiger partial charge in [0.05, 0.1) is 5.69 Å². The summed E-state index contributed by atoms with van der Waals surface area (Å²) in [4.78, 5) is 25.7. The molecule has 0 saturated carbocycles. The Bertz CT molecular complexity index is 1290. The summed E-state index contributed by atoms with van der Waals surface area (Å²) >= 11 is 0. The predicted octanol–water partition coefficient (Wildman–Crippen LogP) is 5.44. The average Bonchev–Trinajstić information content (AvgIpc) is 3.13. The fraction of sp³-hybridized carbons (Fsp3) is 0.120. The van der Waals surface area contributed by atoms with Gasteiger partial charge in [0.25, 0.3) is 5.91 Å². The number of rotatable bonds is 6. The van der Waals surface area contributed by atoms with Crippen molar-refractivity contribution in [3.8, 4) is 5.75 Å². The van der Waals surface area contributed by atoms with Gasteiger partial charge in [-0.1, -0.05) is 42.5 Å². The van der Waals surface area contributed by atoms with Crippen LogP contribution in [0.15, 0.2) is 71.1 Å². The van der Waals surface area contributed by atoms with Gasteiger partial charge < -0.3 is 14.5 Å². The molecule has 5 nitrogen and oxygen atoms in total. The molecule has 0 saturated heterocycles. The van der Waals surface area contributed by atoms with Crippen molar-refractivity contribution < 1.29 is 23.1 Å². The summed E-state index contributed by atoms with van der Waals surface area (Å²) in [5.41, 5.74) is 2.15. The molecule has 3 aromatic carbocycles. The highest BCUT2D eigenvalue weighted by atomic mass is 19.1. The van der Waals surface area contributed by atoms with Gasteiger partial charge >= 0.3 is 0 Å². The van der Waals surface area contributed by atoms with Crippen molar-refractivity contribution in [1.29, 1.82) is 0 Å². The van der Waals surface area contributed by atoms with E-state index in [2.05, 4.69) is 5.32 Å². The molecule has 0 fully saturated rings. The summed E-state index contributed by atoms with van der Waals surface area (Å²) in [6.07, 6.45) is 0. The highest BCUT2D eigenvalue weighted by Crippen LogP contribution is 2.32. The Hall–Kier alpha value is -3.93. The molecule has 0 radical (unpaired) electrons. The number of ketones is 1. The van der Waals surface area contributed by atoms with Crippen LogP contribution in [0.1, 0.15) is 27.2 Å². The molecule has 156 valence electrons. The molecule has 0 bridgehead atoms. The molecule has 1 amide bonds. The molecule has 0 unspecified atom stereocenters. The van der Waals surface area contributed by atoms with Crippen LogP contribution < -0.4 is 10.1 Å². The molecule has 0 aliphatic rings. The minimum Gasteiger partial charge on any atom is -0.483 e. The van der Waals surface area contributed by atoms with E-state index in [1.165, 1.54) is 12.1 Å². The van der Waals surface area contributed by atoms with Crippen molar-refractivity contribution in [1.82, 2.24) is 0 Å². The van der Waals surface area contributed by atoms with Gasteiger partial charge in [-0.15, -0.1) is 0 Å². The second kappa shape index (κ2) is 8.44. The molecular weight excluding hydrogens is 397 g/mol. The van der Waals surface area contributed by atoms with Crippen molar-refractivity contribution >= 4 is 28.3 Å². The van der Waals surface area contributed by atoms with Crippen LogP contribution in [0.25, 0.3) is 11.0 Å². The minimum absolute atomic E-state index is 0.0614. The molecule has 0 aliphatic heterocycles. The fourth-order valence-corrected chi connectivity index (χ4v) is 3.23. The number of para-hydroxylation sites is 2. The molecule has 1 heterocycles. The van der Waals surface area contributed by atoms with Gasteiger partial charge in [-0.3, -0.25) is 9.59 Å². The number of hydrogen-bond acceptors (Lipinski definition) is 4. The van der Waals surface area contributed by atoms with Crippen molar-refractivity contribution in [2.24, 2.45) is 0 Å². The zero-order valence-corrected chi connectivity index (χ0v) is 17.1. The summed E-state index contributed by atoms with van der Waals surface area (Å²) in [6.45, 7) is 3.26. The first-order valence-corrected chi connectivity index (χ1v) is 9.74. The largest absolute Gasteiger partial charge is 0.483 e. The summed E-state index contributed by atoms with van der Waals surface area (Å²) in [5, 5.41) is 3.30. The van der Waals surface area contributed by atoms with Crippen LogP contribution in [-0.2, 0) is 4.79 Å². The fourth-order valence-electron chi connectivity index (χ4n) is 3.23. The summed E-state index contributed by atoms with van der Waals surface area (Å²) in [7, 11) is 0. The summed E-state index contributed by atoms with van der Waals surface area (Å²) in [5.74, 6) is -0.918. The number of furan rings is 1. The molecule has 1 N–H and O–H groups in total. The van der Waals surface area contributed by atoms with Crippen LogP contribution >= 0.6 is 0 Å². The topological polar surface area (TPSA) is 68.5 Å². The van der Waals surface area contributed by atoms with Crippen molar-refractivity contribution in [2.45, 2.75) is 13.8 Å². The van der Waals surface area contributed by atoms with Gasteiger partial charge in [-0.2, -0.15) is 0 Å². The lowest BCUT2D eigenvalue weighted by Gasteiger charge is -2.10. The first-order valence-electron chi connectivity index (χ1n) is 9.74. The molecule has 4 rings (SSSR count). The van der Waals surface area contributed by atoms with Gasteiger partial charge in [0.15, 0.2) is 12.4 Å². The molecule has 0 spiro atoms. The number of fused-ring (bicyclic) bond motifs is 1. The lowest BCUT2D eigenvalue weighted by Crippen LogP contribution is -2.21. The maximum Gasteiger partial charge on any atom is 0.262 e. The number of benzene rings is 3. The van der Waals surface area contributed by atoms with Crippen LogP contribution in [-0.4, -0.2) is 18.3 Å². The second-order valence-corrected chi connectivity index (χ2v) is 7.20. The third kappa shape index (κ3) is 4.19. The highest BCUT2D eigenvalue weighted by molar-refractivity contribution is 6.17. The van der Waals surface area contributed by atoms with Gasteiger partial charge in [0, 0.05) is 10.9 Å². The summed E-state index contributed by atoms with van der Waals surface area (Å²) in [6, 6.07) is 18.6. The molecule has 6 heteroatoms. The maximum atomic E-state index is 14.0. The Kier molecular flexibility index (Phi) is 5.54. The standard InChI is InChI=1S/C25H20FNO4/c1-15-11-12-17(13-19(15)26)24(29)25-23(18-8-4-6-10-21(18)31-25)27-22(28)14-30-20-9-5-3-7-16(20)2/h3-13H,14H2,1-2H3,(H,27,28). The molecule has 31 heavy (non-hydrogen) atoms. The van der Waals surface area contributed by atoms with Gasteiger partial charge in [-0.05, 0) is 49.2 Å². The first kappa shape index (κ1) is 20.3. The normalized spacial score (nSPS) is 10.8. The Balaban J connectivity index is 1.63. The zero-order chi connectivity index (χ0) is 22.0. The number of halogens is 1. The number of aryl methyl sites for hydroxylation is 2. The highest BCUT2D eigenvalue weighted by Gasteiger charge is 2.24. The minimum atomic E-state index is -0.523. The quantitative estimate of drug-likeness (QED) is 0.424. The van der Waals surface area contributed by atoms with E-state index in [4.69, 9.17) is 9.15 Å². The predicted molar refractivity (Wildman–Crippen MR) is 116 cm³/mol. The number of carbonyl (C=O) groups excluding carboxylic acids is 2. The Morgan fingerprint density at radius 3 is 2.48 bits per heavy atom. The number of ether oxygens (including phenoxy) is 1. The number of hydrogen-bond donors (Lipinski definition) is 1. The van der Waals surface area contributed by atoms with Crippen molar-refractivity contribution in [3.05, 3.63) is 95.0 Å². The third-order valence-electron chi connectivity index (χ3n) is 4.95. The van der Waals surface area contributed by atoms with E-state index in [1.54, 1.807) is 37.3 Å². The van der Waals surface area contributed by atoms with E-state index >= 15 is 0 Å². The lowest BCUT2D eigenvalue weighted by molar-refractivity contribution is -0.118. The second-order valence-electron chi connectivity index (χ2n) is 7.20. The molecule has 1 aromatic heterocycles. The van der Waals surface area contributed by atoms with E-state index in [1.807, 2.05) is 25.1 Å². The van der Waals surface area contributed by atoms with E-state index in [0.717, 1.165) is 11.6 Å². The van der Waals surface area contributed by atoms with Crippen molar-refractivity contribution in [2.75, 3.05) is 11.9 Å². The van der Waals surface area contributed by atoms with Crippen LogP contribution in [0.5, 0.6) is 5.75 Å². The molecular formula is C25H20FNO4. The van der Waals surface area contributed by atoms with Gasteiger partial charge in [0.1, 0.15) is 17.1 Å². The smallest absolute Gasteiger partial charge is 0.262 e. The molecule has 0 atom stereocenters.